The van der Waals surface area contributed by atoms with Gasteiger partial charge in [-0.15, -0.1) is 0 Å². The Kier molecular flexibility index (Phi) is 6.35. The molecule has 0 amide bonds. The van der Waals surface area contributed by atoms with Crippen LogP contribution < -0.4 is 5.32 Å². The van der Waals surface area contributed by atoms with Crippen LogP contribution in [0.3, 0.4) is 0 Å². The molecule has 7 heteroatoms. The first-order valence-corrected chi connectivity index (χ1v) is 14.5. The molecule has 0 radical (unpaired) electrons. The van der Waals surface area contributed by atoms with E-state index < -0.39 is 0 Å². The van der Waals surface area contributed by atoms with Gasteiger partial charge in [-0.25, -0.2) is 4.98 Å². The molecule has 0 atom stereocenters. The van der Waals surface area contributed by atoms with Crippen molar-refractivity contribution in [1.29, 1.82) is 0 Å². The maximum absolute atomic E-state index is 12.8. The second kappa shape index (κ2) is 9.39. The molecule has 6 rings (SSSR count). The zero-order chi connectivity index (χ0) is 24.9. The molecule has 2 aliphatic heterocycles. The standard InChI is InChI=1S/C29H44N6O/c1-28(2,3)34-17-15-33(16-18-34)23-9-7-22(8-10-23)31-27-30-20-21-19-24-25(36)11-14-29(12-5-4-6-13-29)35(24)26(21)32-27/h19-20,22-23H,4-18H2,1-3H3,(H,30,31,32). The lowest BCUT2D eigenvalue weighted by atomic mass is 9.75. The van der Waals surface area contributed by atoms with Gasteiger partial charge in [0.15, 0.2) is 5.78 Å². The summed E-state index contributed by atoms with van der Waals surface area (Å²) in [6, 6.07) is 3.18. The van der Waals surface area contributed by atoms with E-state index in [-0.39, 0.29) is 16.9 Å². The number of carbonyl (C=O) groups is 1. The van der Waals surface area contributed by atoms with Crippen molar-refractivity contribution in [3.8, 4) is 0 Å². The highest BCUT2D eigenvalue weighted by Gasteiger charge is 2.41. The second-order valence-electron chi connectivity index (χ2n) is 12.9. The van der Waals surface area contributed by atoms with Gasteiger partial charge in [-0.3, -0.25) is 14.6 Å². The number of nitrogens with zero attached hydrogens (tertiary/aromatic N) is 5. The highest BCUT2D eigenvalue weighted by molar-refractivity contribution is 6.00. The van der Waals surface area contributed by atoms with Crippen LogP contribution in [0, 0.1) is 0 Å². The Morgan fingerprint density at radius 3 is 2.39 bits per heavy atom. The Balaban J connectivity index is 1.13. The van der Waals surface area contributed by atoms with Crippen LogP contribution in [0.4, 0.5) is 5.95 Å². The minimum atomic E-state index is 0.0734. The minimum absolute atomic E-state index is 0.0734. The molecule has 0 aromatic carbocycles. The van der Waals surface area contributed by atoms with E-state index in [1.165, 1.54) is 71.1 Å². The molecule has 0 bridgehead atoms. The number of hydrogen-bond donors (Lipinski definition) is 1. The second-order valence-corrected chi connectivity index (χ2v) is 12.9. The van der Waals surface area contributed by atoms with Gasteiger partial charge in [0.2, 0.25) is 5.95 Å². The van der Waals surface area contributed by atoms with Crippen LogP contribution in [0.5, 0.6) is 0 Å². The SMILES string of the molecule is CC(C)(C)N1CCN(C2CCC(Nc3ncc4cc5n(c4n3)C3(CCCCC3)CCC5=O)CC2)CC1. The van der Waals surface area contributed by atoms with Crippen molar-refractivity contribution >= 4 is 22.8 Å². The first-order chi connectivity index (χ1) is 17.3. The predicted octanol–water partition coefficient (Wildman–Crippen LogP) is 5.21. The fourth-order valence-corrected chi connectivity index (χ4v) is 7.54. The third kappa shape index (κ3) is 4.47. The smallest absolute Gasteiger partial charge is 0.224 e. The van der Waals surface area contributed by atoms with E-state index in [0.717, 1.165) is 41.9 Å². The number of ketones is 1. The van der Waals surface area contributed by atoms with E-state index in [1.54, 1.807) is 0 Å². The van der Waals surface area contributed by atoms with Gasteiger partial charge < -0.3 is 9.88 Å². The number of aromatic nitrogens is 3. The third-order valence-electron chi connectivity index (χ3n) is 9.71. The number of hydrogen-bond acceptors (Lipinski definition) is 6. The van der Waals surface area contributed by atoms with Gasteiger partial charge in [0.05, 0.1) is 5.69 Å². The summed E-state index contributed by atoms with van der Waals surface area (Å²) in [6.07, 6.45) is 14.5. The fraction of sp³-hybridized carbons (Fsp3) is 0.759. The van der Waals surface area contributed by atoms with Gasteiger partial charge >= 0.3 is 0 Å². The van der Waals surface area contributed by atoms with Gasteiger partial charge in [-0.2, -0.15) is 4.98 Å². The molecule has 2 aliphatic carbocycles. The van der Waals surface area contributed by atoms with E-state index in [4.69, 9.17) is 4.98 Å². The Morgan fingerprint density at radius 2 is 1.69 bits per heavy atom. The maximum Gasteiger partial charge on any atom is 0.224 e. The van der Waals surface area contributed by atoms with Crippen LogP contribution in [0.15, 0.2) is 12.3 Å². The Bertz CT molecular complexity index is 1090. The van der Waals surface area contributed by atoms with Crippen molar-refractivity contribution in [2.75, 3.05) is 31.5 Å². The lowest BCUT2D eigenvalue weighted by Gasteiger charge is -2.46. The van der Waals surface area contributed by atoms with Crippen LogP contribution >= 0.6 is 0 Å². The van der Waals surface area contributed by atoms with Crippen LogP contribution in [-0.2, 0) is 5.54 Å². The lowest BCUT2D eigenvalue weighted by Crippen LogP contribution is -2.56. The highest BCUT2D eigenvalue weighted by atomic mass is 16.1. The van der Waals surface area contributed by atoms with Gasteiger partial charge in [0.25, 0.3) is 0 Å². The Morgan fingerprint density at radius 1 is 0.972 bits per heavy atom. The summed E-state index contributed by atoms with van der Waals surface area (Å²) < 4.78 is 2.33. The molecular formula is C29H44N6O. The molecule has 4 aliphatic rings. The molecule has 3 fully saturated rings. The van der Waals surface area contributed by atoms with E-state index in [2.05, 4.69) is 45.4 Å². The fourth-order valence-electron chi connectivity index (χ4n) is 7.54. The molecule has 4 heterocycles. The molecule has 0 unspecified atom stereocenters. The third-order valence-corrected chi connectivity index (χ3v) is 9.71. The highest BCUT2D eigenvalue weighted by Crippen LogP contribution is 2.45. The van der Waals surface area contributed by atoms with Crippen molar-refractivity contribution in [2.45, 2.75) is 115 Å². The summed E-state index contributed by atoms with van der Waals surface area (Å²) in [5.41, 5.74) is 2.17. The van der Waals surface area contributed by atoms with E-state index >= 15 is 0 Å². The monoisotopic (exact) mass is 492 g/mol. The van der Waals surface area contributed by atoms with Gasteiger partial charge in [0.1, 0.15) is 5.65 Å². The average molecular weight is 493 g/mol. The molecule has 2 aromatic rings. The molecule has 7 nitrogen and oxygen atoms in total. The largest absolute Gasteiger partial charge is 0.351 e. The van der Waals surface area contributed by atoms with E-state index in [0.29, 0.717) is 18.5 Å². The number of fused-ring (bicyclic) bond motifs is 4. The van der Waals surface area contributed by atoms with Crippen molar-refractivity contribution in [2.24, 2.45) is 0 Å². The summed E-state index contributed by atoms with van der Waals surface area (Å²) in [5.74, 6) is 0.995. The normalized spacial score (nSPS) is 27.9. The summed E-state index contributed by atoms with van der Waals surface area (Å²) >= 11 is 0. The molecule has 1 N–H and O–H groups in total. The Labute approximate surface area is 216 Å². The number of piperazine rings is 1. The number of rotatable bonds is 3. The maximum atomic E-state index is 12.8. The average Bonchev–Trinajstić information content (AvgIpc) is 3.28. The predicted molar refractivity (Wildman–Crippen MR) is 145 cm³/mol. The van der Waals surface area contributed by atoms with Crippen LogP contribution in [0.1, 0.15) is 102 Å². The topological polar surface area (TPSA) is 66.3 Å². The molecule has 2 saturated carbocycles. The van der Waals surface area contributed by atoms with Crippen molar-refractivity contribution in [3.05, 3.63) is 18.0 Å². The van der Waals surface area contributed by atoms with Crippen molar-refractivity contribution in [1.82, 2.24) is 24.3 Å². The minimum Gasteiger partial charge on any atom is -0.351 e. The molecular weight excluding hydrogens is 448 g/mol. The number of Topliss-reactive ketones (excluding diaryl/α,β-unsaturated/α-hetero) is 1. The first-order valence-electron chi connectivity index (χ1n) is 14.5. The molecule has 1 spiro atoms. The summed E-state index contributed by atoms with van der Waals surface area (Å²) in [4.78, 5) is 27.9. The van der Waals surface area contributed by atoms with Crippen molar-refractivity contribution < 1.29 is 4.79 Å². The van der Waals surface area contributed by atoms with Crippen LogP contribution in [0.2, 0.25) is 0 Å². The molecule has 36 heavy (non-hydrogen) atoms. The number of carbonyl (C=O) groups excluding carboxylic acids is 1. The van der Waals surface area contributed by atoms with Gasteiger partial charge in [0, 0.05) is 67.3 Å². The van der Waals surface area contributed by atoms with Crippen LogP contribution in [0.25, 0.3) is 11.0 Å². The zero-order valence-electron chi connectivity index (χ0n) is 22.6. The van der Waals surface area contributed by atoms with E-state index in [1.807, 2.05) is 12.3 Å². The van der Waals surface area contributed by atoms with Gasteiger partial charge in [-0.1, -0.05) is 19.3 Å². The summed E-state index contributed by atoms with van der Waals surface area (Å²) in [6.45, 7) is 11.7. The molecule has 2 aromatic heterocycles. The molecule has 196 valence electrons. The molecule has 1 saturated heterocycles. The zero-order valence-corrected chi connectivity index (χ0v) is 22.6. The summed E-state index contributed by atoms with van der Waals surface area (Å²) in [7, 11) is 0. The number of anilines is 1. The first kappa shape index (κ1) is 24.4. The van der Waals surface area contributed by atoms with E-state index in [9.17, 15) is 4.79 Å². The van der Waals surface area contributed by atoms with Crippen LogP contribution in [-0.4, -0.2) is 73.9 Å². The quantitative estimate of drug-likeness (QED) is 0.635. The van der Waals surface area contributed by atoms with Gasteiger partial charge in [-0.05, 0) is 71.8 Å². The summed E-state index contributed by atoms with van der Waals surface area (Å²) in [5, 5.41) is 4.68. The lowest BCUT2D eigenvalue weighted by molar-refractivity contribution is 0.0325. The number of nitrogens with one attached hydrogen (secondary N) is 1. The Hall–Kier alpha value is -1.99. The van der Waals surface area contributed by atoms with Crippen molar-refractivity contribution in [3.63, 3.8) is 0 Å².